The molecule has 0 aliphatic heterocycles. The lowest BCUT2D eigenvalue weighted by Crippen LogP contribution is -2.10. The van der Waals surface area contributed by atoms with Crippen LogP contribution in [0.1, 0.15) is 39.9 Å². The minimum Gasteiger partial charge on any atom is -0.459 e. The molecule has 2 aromatic heterocycles. The number of amides is 1. The molecule has 0 aliphatic carbocycles. The van der Waals surface area contributed by atoms with Crippen molar-refractivity contribution < 1.29 is 9.21 Å². The first-order valence-electron chi connectivity index (χ1n) is 8.00. The zero-order valence-electron chi connectivity index (χ0n) is 14.1. The maximum Gasteiger partial charge on any atom is 0.293 e. The van der Waals surface area contributed by atoms with Gasteiger partial charge in [0.2, 0.25) is 0 Å². The van der Waals surface area contributed by atoms with Gasteiger partial charge in [0.05, 0.1) is 12.0 Å². The van der Waals surface area contributed by atoms with Crippen LogP contribution in [0.5, 0.6) is 0 Å². The van der Waals surface area contributed by atoms with Crippen LogP contribution in [0.25, 0.3) is 11.3 Å². The topological polar surface area (TPSA) is 55.1 Å². The molecule has 3 rings (SSSR count). The summed E-state index contributed by atoms with van der Waals surface area (Å²) in [7, 11) is 0. The van der Waals surface area contributed by atoms with Gasteiger partial charge in [-0.05, 0) is 49.6 Å². The molecule has 24 heavy (non-hydrogen) atoms. The highest BCUT2D eigenvalue weighted by molar-refractivity contribution is 7.16. The standard InChI is InChI=1S/C19H20N2O2S/c1-4-6-16-17(14-9-8-12(2)13(3)11-14)20-19(24-16)21-18(22)15-7-5-10-23-15/h5,7-11H,4,6H2,1-3H3,(H,20,21,22). The molecule has 1 amide bonds. The zero-order chi connectivity index (χ0) is 17.1. The van der Waals surface area contributed by atoms with Crippen LogP contribution in [0.4, 0.5) is 5.13 Å². The highest BCUT2D eigenvalue weighted by Crippen LogP contribution is 2.33. The van der Waals surface area contributed by atoms with Crippen molar-refractivity contribution in [3.05, 3.63) is 58.4 Å². The van der Waals surface area contributed by atoms with Gasteiger partial charge in [0.1, 0.15) is 0 Å². The fraction of sp³-hybridized carbons (Fsp3) is 0.263. The van der Waals surface area contributed by atoms with Crippen LogP contribution >= 0.6 is 11.3 Å². The lowest BCUT2D eigenvalue weighted by Gasteiger charge is -2.05. The van der Waals surface area contributed by atoms with Crippen molar-refractivity contribution >= 4 is 22.4 Å². The van der Waals surface area contributed by atoms with Gasteiger partial charge >= 0.3 is 0 Å². The highest BCUT2D eigenvalue weighted by atomic mass is 32.1. The Morgan fingerprint density at radius 2 is 2.08 bits per heavy atom. The number of furan rings is 1. The van der Waals surface area contributed by atoms with Gasteiger partial charge in [0.15, 0.2) is 10.9 Å². The summed E-state index contributed by atoms with van der Waals surface area (Å²) in [5, 5.41) is 3.44. The van der Waals surface area contributed by atoms with E-state index in [1.807, 2.05) is 0 Å². The van der Waals surface area contributed by atoms with Crippen LogP contribution in [0.2, 0.25) is 0 Å². The number of hydrogen-bond acceptors (Lipinski definition) is 4. The van der Waals surface area contributed by atoms with E-state index in [1.54, 1.807) is 12.1 Å². The number of hydrogen-bond donors (Lipinski definition) is 1. The monoisotopic (exact) mass is 340 g/mol. The number of benzene rings is 1. The van der Waals surface area contributed by atoms with Gasteiger partial charge in [0, 0.05) is 10.4 Å². The predicted octanol–water partition coefficient (Wildman–Crippen LogP) is 5.22. The summed E-state index contributed by atoms with van der Waals surface area (Å²) < 4.78 is 5.13. The molecule has 3 aromatic rings. The van der Waals surface area contributed by atoms with E-state index >= 15 is 0 Å². The number of nitrogens with zero attached hydrogens (tertiary/aromatic N) is 1. The normalized spacial score (nSPS) is 10.8. The molecule has 0 saturated carbocycles. The van der Waals surface area contributed by atoms with E-state index in [4.69, 9.17) is 4.42 Å². The molecular formula is C19H20N2O2S. The molecule has 0 unspecified atom stereocenters. The average molecular weight is 340 g/mol. The zero-order valence-corrected chi connectivity index (χ0v) is 14.9. The van der Waals surface area contributed by atoms with Crippen LogP contribution in [-0.4, -0.2) is 10.9 Å². The highest BCUT2D eigenvalue weighted by Gasteiger charge is 2.16. The molecule has 124 valence electrons. The fourth-order valence-corrected chi connectivity index (χ4v) is 3.56. The van der Waals surface area contributed by atoms with E-state index < -0.39 is 0 Å². The molecule has 0 saturated heterocycles. The second-order valence-corrected chi connectivity index (χ2v) is 6.85. The van der Waals surface area contributed by atoms with Gasteiger partial charge in [-0.2, -0.15) is 0 Å². The molecule has 0 aliphatic rings. The Morgan fingerprint density at radius 3 is 2.75 bits per heavy atom. The Hall–Kier alpha value is -2.40. The largest absolute Gasteiger partial charge is 0.459 e. The lowest BCUT2D eigenvalue weighted by atomic mass is 10.0. The summed E-state index contributed by atoms with van der Waals surface area (Å²) >= 11 is 1.53. The van der Waals surface area contributed by atoms with Crippen molar-refractivity contribution in [2.24, 2.45) is 0 Å². The van der Waals surface area contributed by atoms with Crippen molar-refractivity contribution in [1.29, 1.82) is 0 Å². The number of rotatable bonds is 5. The number of carbonyl (C=O) groups is 1. The number of aromatic nitrogens is 1. The maximum atomic E-state index is 12.2. The number of nitrogens with one attached hydrogen (secondary N) is 1. The van der Waals surface area contributed by atoms with Crippen LogP contribution in [-0.2, 0) is 6.42 Å². The van der Waals surface area contributed by atoms with Gasteiger partial charge in [-0.25, -0.2) is 4.98 Å². The third-order valence-electron chi connectivity index (χ3n) is 3.92. The Morgan fingerprint density at radius 1 is 1.25 bits per heavy atom. The minimum atomic E-state index is -0.275. The minimum absolute atomic E-state index is 0.275. The fourth-order valence-electron chi connectivity index (χ4n) is 2.48. The summed E-state index contributed by atoms with van der Waals surface area (Å²) in [5.41, 5.74) is 4.55. The van der Waals surface area contributed by atoms with Crippen molar-refractivity contribution in [3.63, 3.8) is 0 Å². The quantitative estimate of drug-likeness (QED) is 0.692. The summed E-state index contributed by atoms with van der Waals surface area (Å²) in [6.45, 7) is 6.34. The number of aryl methyl sites for hydroxylation is 3. The Kier molecular flexibility index (Phi) is 4.81. The van der Waals surface area contributed by atoms with Crippen LogP contribution in [0.3, 0.4) is 0 Å². The third-order valence-corrected chi connectivity index (χ3v) is 4.95. The van der Waals surface area contributed by atoms with E-state index in [9.17, 15) is 4.79 Å². The molecule has 0 radical (unpaired) electrons. The summed E-state index contributed by atoms with van der Waals surface area (Å²) in [6.07, 6.45) is 3.46. The summed E-state index contributed by atoms with van der Waals surface area (Å²) in [5.74, 6) is 0.0124. The first-order valence-corrected chi connectivity index (χ1v) is 8.82. The van der Waals surface area contributed by atoms with Crippen LogP contribution in [0.15, 0.2) is 41.0 Å². The molecule has 5 heteroatoms. The van der Waals surface area contributed by atoms with Gasteiger partial charge < -0.3 is 4.42 Å². The Balaban J connectivity index is 1.92. The van der Waals surface area contributed by atoms with E-state index in [0.717, 1.165) is 24.1 Å². The lowest BCUT2D eigenvalue weighted by molar-refractivity contribution is 0.0996. The molecular weight excluding hydrogens is 320 g/mol. The smallest absolute Gasteiger partial charge is 0.293 e. The van der Waals surface area contributed by atoms with E-state index in [1.165, 1.54) is 33.6 Å². The number of carbonyl (C=O) groups excluding carboxylic acids is 1. The number of thiazole rings is 1. The van der Waals surface area contributed by atoms with Gasteiger partial charge in [-0.1, -0.05) is 25.5 Å². The van der Waals surface area contributed by atoms with E-state index in [0.29, 0.717) is 5.13 Å². The van der Waals surface area contributed by atoms with Crippen molar-refractivity contribution in [2.75, 3.05) is 5.32 Å². The molecule has 0 bridgehead atoms. The second kappa shape index (κ2) is 7.01. The van der Waals surface area contributed by atoms with Crippen LogP contribution in [0, 0.1) is 13.8 Å². The van der Waals surface area contributed by atoms with Gasteiger partial charge in [-0.3, -0.25) is 10.1 Å². The Labute approximate surface area is 145 Å². The van der Waals surface area contributed by atoms with E-state index in [-0.39, 0.29) is 11.7 Å². The number of anilines is 1. The first kappa shape index (κ1) is 16.5. The maximum absolute atomic E-state index is 12.2. The van der Waals surface area contributed by atoms with Crippen molar-refractivity contribution in [3.8, 4) is 11.3 Å². The van der Waals surface area contributed by atoms with Crippen molar-refractivity contribution in [2.45, 2.75) is 33.6 Å². The first-order chi connectivity index (χ1) is 11.6. The van der Waals surface area contributed by atoms with Crippen LogP contribution < -0.4 is 5.32 Å². The molecule has 0 fully saturated rings. The molecule has 1 N–H and O–H groups in total. The molecule has 1 aromatic carbocycles. The third kappa shape index (κ3) is 3.41. The second-order valence-electron chi connectivity index (χ2n) is 5.77. The predicted molar refractivity (Wildman–Crippen MR) is 97.7 cm³/mol. The van der Waals surface area contributed by atoms with E-state index in [2.05, 4.69) is 49.3 Å². The van der Waals surface area contributed by atoms with Crippen molar-refractivity contribution in [1.82, 2.24) is 4.98 Å². The molecule has 0 atom stereocenters. The molecule has 4 nitrogen and oxygen atoms in total. The van der Waals surface area contributed by atoms with Gasteiger partial charge in [-0.15, -0.1) is 11.3 Å². The SMILES string of the molecule is CCCc1sc(NC(=O)c2ccco2)nc1-c1ccc(C)c(C)c1. The van der Waals surface area contributed by atoms with Gasteiger partial charge in [0.25, 0.3) is 5.91 Å². The average Bonchev–Trinajstić information content (AvgIpc) is 3.20. The molecule has 0 spiro atoms. The summed E-state index contributed by atoms with van der Waals surface area (Å²) in [4.78, 5) is 18.0. The molecule has 2 heterocycles. The Bertz CT molecular complexity index is 850. The summed E-state index contributed by atoms with van der Waals surface area (Å²) in [6, 6.07) is 9.69.